The number of oxime groups is 2. The predicted molar refractivity (Wildman–Crippen MR) is 166 cm³/mol. The second-order valence-corrected chi connectivity index (χ2v) is 11.3. The molecule has 16 heteroatoms. The lowest BCUT2D eigenvalue weighted by molar-refractivity contribution is -0.143. The number of nitrogens with zero attached hydrogens (tertiary/aromatic N) is 5. The van der Waals surface area contributed by atoms with Crippen LogP contribution in [0.5, 0.6) is 0 Å². The van der Waals surface area contributed by atoms with Crippen molar-refractivity contribution in [2.45, 2.75) is 40.7 Å². The fourth-order valence-corrected chi connectivity index (χ4v) is 3.63. The zero-order valence-electron chi connectivity index (χ0n) is 25.2. The van der Waals surface area contributed by atoms with E-state index in [9.17, 15) is 19.2 Å². The Balaban J connectivity index is 0.000000781. The predicted octanol–water partition coefficient (Wildman–Crippen LogP) is 4.92. The average Bonchev–Trinajstić information content (AvgIpc) is 2.95. The van der Waals surface area contributed by atoms with E-state index >= 15 is 0 Å². The fraction of sp³-hybridized carbons (Fsp3) is 0.520. The van der Waals surface area contributed by atoms with Gasteiger partial charge in [0, 0.05) is 21.2 Å². The monoisotopic (exact) mass is 633 g/mol. The summed E-state index contributed by atoms with van der Waals surface area (Å²) in [5.74, 6) is -0.736. The van der Waals surface area contributed by atoms with Gasteiger partial charge in [0.1, 0.15) is 22.7 Å². The number of carbonyl (C=O) groups is 4. The van der Waals surface area contributed by atoms with Gasteiger partial charge in [0.15, 0.2) is 0 Å². The molecule has 0 saturated carbocycles. The minimum atomic E-state index is -0.711. The summed E-state index contributed by atoms with van der Waals surface area (Å²) in [4.78, 5) is 58.1. The maximum Gasteiger partial charge on any atom is 0.447 e. The lowest BCUT2D eigenvalue weighted by Gasteiger charge is -2.30. The molecule has 0 aliphatic carbocycles. The fourth-order valence-electron chi connectivity index (χ4n) is 2.84. The first-order valence-electron chi connectivity index (χ1n) is 11.9. The molecule has 0 N–H and O–H groups in total. The summed E-state index contributed by atoms with van der Waals surface area (Å²) >= 11 is 3.51. The Bertz CT molecular complexity index is 1040. The van der Waals surface area contributed by atoms with Crippen molar-refractivity contribution in [3.8, 4) is 0 Å². The number of anilines is 1. The number of hydrogen-bond donors (Lipinski definition) is 0. The molecular weight excluding hydrogens is 595 g/mol. The van der Waals surface area contributed by atoms with Gasteiger partial charge in [-0.1, -0.05) is 28.5 Å². The van der Waals surface area contributed by atoms with Gasteiger partial charge in [-0.05, 0) is 58.3 Å². The topological polar surface area (TPSA) is 140 Å². The summed E-state index contributed by atoms with van der Waals surface area (Å²) in [5, 5.41) is 8.42. The molecule has 41 heavy (non-hydrogen) atoms. The molecule has 0 aliphatic heterocycles. The first-order chi connectivity index (χ1) is 19.2. The van der Waals surface area contributed by atoms with Crippen LogP contribution < -0.4 is 4.90 Å². The Labute approximate surface area is 254 Å². The average molecular weight is 634 g/mol. The normalized spacial score (nSPS) is 11.9. The largest absolute Gasteiger partial charge is 0.467 e. The van der Waals surface area contributed by atoms with Crippen LogP contribution in [0, 0.1) is 13.8 Å². The van der Waals surface area contributed by atoms with Crippen molar-refractivity contribution in [2.24, 2.45) is 10.3 Å². The van der Waals surface area contributed by atoms with Crippen LogP contribution in [0.1, 0.15) is 31.9 Å². The van der Waals surface area contributed by atoms with Crippen molar-refractivity contribution < 1.29 is 38.3 Å². The number of ether oxygens (including phenoxy) is 2. The van der Waals surface area contributed by atoms with Crippen LogP contribution in [0.3, 0.4) is 0 Å². The Morgan fingerprint density at radius 3 is 1.68 bits per heavy atom. The molecule has 0 radical (unpaired) electrons. The zero-order valence-corrected chi connectivity index (χ0v) is 27.7. The lowest BCUT2D eigenvalue weighted by atomic mass is 10.1. The van der Waals surface area contributed by atoms with Crippen LogP contribution in [0.2, 0.25) is 0 Å². The molecule has 0 bridgehead atoms. The molecule has 1 aromatic rings. The summed E-state index contributed by atoms with van der Waals surface area (Å²) < 4.78 is 11.9. The number of rotatable bonds is 9. The molecule has 0 aromatic heterocycles. The number of hydrogen-bond acceptors (Lipinski definition) is 13. The lowest BCUT2D eigenvalue weighted by Crippen LogP contribution is -2.46. The van der Waals surface area contributed by atoms with E-state index in [0.717, 1.165) is 37.6 Å². The third kappa shape index (κ3) is 13.5. The Morgan fingerprint density at radius 1 is 0.878 bits per heavy atom. The van der Waals surface area contributed by atoms with E-state index in [4.69, 9.17) is 9.47 Å². The van der Waals surface area contributed by atoms with Gasteiger partial charge in [-0.25, -0.2) is 23.0 Å². The van der Waals surface area contributed by atoms with Crippen LogP contribution >= 0.6 is 35.7 Å². The van der Waals surface area contributed by atoms with Gasteiger partial charge in [-0.15, -0.1) is 23.5 Å². The molecule has 0 saturated heterocycles. The second kappa shape index (κ2) is 20.0. The van der Waals surface area contributed by atoms with Gasteiger partial charge >= 0.3 is 18.2 Å². The summed E-state index contributed by atoms with van der Waals surface area (Å²) in [6.07, 6.45) is 2.20. The SMILES string of the molecule is COCC(=O)N(c1c(C)cccc1C)C(C)C(=O)OC.CS/C(C)=N\OC(=O)N(C)SN(C)C(=O)O/N=C(/C)SC. The first-order valence-corrected chi connectivity index (χ1v) is 15.1. The van der Waals surface area contributed by atoms with Crippen molar-refractivity contribution in [3.63, 3.8) is 0 Å². The van der Waals surface area contributed by atoms with Crippen molar-refractivity contribution >= 4 is 75.5 Å². The first kappa shape index (κ1) is 38.0. The maximum absolute atomic E-state index is 12.3. The molecule has 0 spiro atoms. The Kier molecular flexibility index (Phi) is 18.6. The van der Waals surface area contributed by atoms with Crippen LogP contribution in [0.4, 0.5) is 15.3 Å². The highest BCUT2D eigenvalue weighted by Gasteiger charge is 2.30. The van der Waals surface area contributed by atoms with E-state index in [-0.39, 0.29) is 12.5 Å². The van der Waals surface area contributed by atoms with E-state index in [0.29, 0.717) is 10.1 Å². The van der Waals surface area contributed by atoms with Crippen molar-refractivity contribution in [1.82, 2.24) is 8.61 Å². The molecular formula is C25H39N5O8S3. The molecule has 1 aromatic carbocycles. The number of thioether (sulfide) groups is 2. The minimum absolute atomic E-state index is 0.0882. The number of esters is 1. The number of methoxy groups -OCH3 is 2. The molecule has 0 heterocycles. The molecule has 1 rings (SSSR count). The molecule has 0 fully saturated rings. The van der Waals surface area contributed by atoms with Crippen molar-refractivity contribution in [3.05, 3.63) is 29.3 Å². The number of aryl methyl sites for hydroxylation is 2. The highest BCUT2D eigenvalue weighted by atomic mass is 32.2. The zero-order chi connectivity index (χ0) is 31.7. The second-order valence-electron chi connectivity index (χ2n) is 8.06. The van der Waals surface area contributed by atoms with E-state index in [1.807, 2.05) is 44.6 Å². The van der Waals surface area contributed by atoms with Gasteiger partial charge in [0.05, 0.1) is 24.9 Å². The standard InChI is InChI=1S/C15H21NO4.C10H18N4O4S3/c1-10-7-6-8-11(2)14(10)16(13(17)9-19-4)12(3)15(18)20-5;1-7(19-5)11-17-9(15)13(3)21-14(4)10(16)18-12-8(2)20-6/h6-8,12H,9H2,1-5H3;1-6H3/b;11-7-,12-8-. The van der Waals surface area contributed by atoms with E-state index in [1.54, 1.807) is 20.8 Å². The van der Waals surface area contributed by atoms with E-state index < -0.39 is 24.2 Å². The van der Waals surface area contributed by atoms with E-state index in [1.165, 1.54) is 56.7 Å². The number of para-hydroxylation sites is 1. The number of benzene rings is 1. The van der Waals surface area contributed by atoms with Crippen LogP contribution in [0.25, 0.3) is 0 Å². The molecule has 3 amide bonds. The molecule has 1 atom stereocenters. The summed E-state index contributed by atoms with van der Waals surface area (Å²) in [6, 6.07) is 5.01. The molecule has 230 valence electrons. The van der Waals surface area contributed by atoms with Crippen molar-refractivity contribution in [1.29, 1.82) is 0 Å². The van der Waals surface area contributed by atoms with Gasteiger partial charge in [-0.2, -0.15) is 0 Å². The van der Waals surface area contributed by atoms with Gasteiger partial charge in [-0.3, -0.25) is 19.4 Å². The molecule has 0 aliphatic rings. The summed E-state index contributed by atoms with van der Waals surface area (Å²) in [7, 11) is 5.64. The number of amides is 3. The van der Waals surface area contributed by atoms with Gasteiger partial charge in [0.2, 0.25) is 0 Å². The third-order valence-electron chi connectivity index (χ3n) is 5.00. The molecule has 13 nitrogen and oxygen atoms in total. The smallest absolute Gasteiger partial charge is 0.447 e. The Morgan fingerprint density at radius 2 is 1.32 bits per heavy atom. The Hall–Kier alpha value is -2.95. The highest BCUT2D eigenvalue weighted by molar-refractivity contribution is 8.13. The van der Waals surface area contributed by atoms with Crippen molar-refractivity contribution in [2.75, 3.05) is 52.3 Å². The quantitative estimate of drug-likeness (QED) is 0.0914. The van der Waals surface area contributed by atoms with Gasteiger partial charge in [0.25, 0.3) is 5.91 Å². The van der Waals surface area contributed by atoms with Crippen LogP contribution in [-0.2, 0) is 28.7 Å². The highest BCUT2D eigenvalue weighted by Crippen LogP contribution is 2.27. The minimum Gasteiger partial charge on any atom is -0.467 e. The third-order valence-corrected chi connectivity index (χ3v) is 7.12. The summed E-state index contributed by atoms with van der Waals surface area (Å²) in [5.41, 5.74) is 2.57. The van der Waals surface area contributed by atoms with Crippen LogP contribution in [-0.4, -0.2) is 96.2 Å². The number of carbonyl (C=O) groups excluding carboxylic acids is 4. The summed E-state index contributed by atoms with van der Waals surface area (Å²) in [6.45, 7) is 8.78. The van der Waals surface area contributed by atoms with E-state index in [2.05, 4.69) is 20.0 Å². The maximum atomic E-state index is 12.3. The van der Waals surface area contributed by atoms with Crippen LogP contribution in [0.15, 0.2) is 28.5 Å². The van der Waals surface area contributed by atoms with Gasteiger partial charge < -0.3 is 9.47 Å². The molecule has 1 unspecified atom stereocenters.